The summed E-state index contributed by atoms with van der Waals surface area (Å²) in [5.41, 5.74) is 7.04. The summed E-state index contributed by atoms with van der Waals surface area (Å²) in [6.07, 6.45) is 9.05. The molecule has 7 nitrogen and oxygen atoms in total. The van der Waals surface area contributed by atoms with Crippen molar-refractivity contribution in [3.63, 3.8) is 0 Å². The van der Waals surface area contributed by atoms with E-state index in [4.69, 9.17) is 24.5 Å². The third-order valence-electron chi connectivity index (χ3n) is 6.69. The first-order valence-electron chi connectivity index (χ1n) is 12.4. The minimum Gasteiger partial charge on any atom is -0.359 e. The Kier molecular flexibility index (Phi) is 8.35. The minimum atomic E-state index is 0.250. The highest BCUT2D eigenvalue weighted by Crippen LogP contribution is 2.40. The van der Waals surface area contributed by atoms with E-state index in [1.807, 2.05) is 6.20 Å². The predicted octanol–water partition coefficient (Wildman–Crippen LogP) is 4.07. The molecule has 0 unspecified atom stereocenters. The number of fused-ring (bicyclic) bond motifs is 3. The summed E-state index contributed by atoms with van der Waals surface area (Å²) in [5, 5.41) is 0. The Labute approximate surface area is 207 Å². The van der Waals surface area contributed by atoms with Gasteiger partial charge in [0.15, 0.2) is 0 Å². The average molecular weight is 472 g/mol. The summed E-state index contributed by atoms with van der Waals surface area (Å²) >= 11 is 0. The monoisotopic (exact) mass is 471 g/mol. The van der Waals surface area contributed by atoms with Crippen molar-refractivity contribution < 1.29 is 9.59 Å². The van der Waals surface area contributed by atoms with Crippen LogP contribution in [0.5, 0.6) is 0 Å². The summed E-state index contributed by atoms with van der Waals surface area (Å²) in [6, 6.07) is 12.8. The van der Waals surface area contributed by atoms with Gasteiger partial charge in [-0.15, -0.1) is 0 Å². The molecule has 1 aromatic carbocycles. The Morgan fingerprint density at radius 1 is 1.06 bits per heavy atom. The summed E-state index contributed by atoms with van der Waals surface area (Å²) in [6.45, 7) is 6.78. The van der Waals surface area contributed by atoms with Gasteiger partial charge < -0.3 is 9.80 Å². The zero-order valence-electron chi connectivity index (χ0n) is 20.7. The van der Waals surface area contributed by atoms with Gasteiger partial charge in [-0.1, -0.05) is 42.8 Å². The van der Waals surface area contributed by atoms with E-state index < -0.39 is 0 Å². The van der Waals surface area contributed by atoms with Gasteiger partial charge in [-0.25, -0.2) is 9.97 Å². The Morgan fingerprint density at radius 3 is 2.54 bits per heavy atom. The summed E-state index contributed by atoms with van der Waals surface area (Å²) < 4.78 is 0. The van der Waals surface area contributed by atoms with Crippen LogP contribution in [0.1, 0.15) is 53.9 Å². The topological polar surface area (TPSA) is 79.3 Å². The molecule has 7 heteroatoms. The lowest BCUT2D eigenvalue weighted by Crippen LogP contribution is -2.33. The van der Waals surface area contributed by atoms with Gasteiger partial charge in [0.05, 0.1) is 17.0 Å². The van der Waals surface area contributed by atoms with E-state index in [0.29, 0.717) is 0 Å². The normalized spacial score (nSPS) is 14.3. The molecule has 5 rings (SSSR count). The second-order valence-electron chi connectivity index (χ2n) is 9.41. The maximum Gasteiger partial charge on any atom is 0.373 e. The number of pyridine rings is 1. The standard InChI is InChI=1S/C27H33N5.CO2/c1-20-16-22-18-23-25(26(22)28-19-20)27(30-24(29-23)17-21-10-5-3-6-11-21)31(2)12-9-15-32-13-7-4-8-14-32;2-1-3/h3,5-6,10-11,16,19H,4,7-9,12-15,17-18H2,1-2H3;. The van der Waals surface area contributed by atoms with Crippen molar-refractivity contribution in [2.75, 3.05) is 38.1 Å². The molecule has 0 radical (unpaired) electrons. The van der Waals surface area contributed by atoms with E-state index in [9.17, 15) is 0 Å². The van der Waals surface area contributed by atoms with Crippen LogP contribution in [0.25, 0.3) is 11.3 Å². The van der Waals surface area contributed by atoms with Crippen molar-refractivity contribution >= 4 is 12.0 Å². The van der Waals surface area contributed by atoms with Crippen LogP contribution < -0.4 is 4.90 Å². The number of hydrogen-bond acceptors (Lipinski definition) is 7. The molecule has 1 aliphatic carbocycles. The van der Waals surface area contributed by atoms with Crippen LogP contribution in [0.3, 0.4) is 0 Å². The predicted molar refractivity (Wildman–Crippen MR) is 135 cm³/mol. The van der Waals surface area contributed by atoms with E-state index >= 15 is 0 Å². The van der Waals surface area contributed by atoms with E-state index in [1.165, 1.54) is 55.6 Å². The number of hydrogen-bond donors (Lipinski definition) is 0. The Hall–Kier alpha value is -3.41. The van der Waals surface area contributed by atoms with Crippen LogP contribution in [0, 0.1) is 6.92 Å². The van der Waals surface area contributed by atoms with Gasteiger partial charge in [-0.2, -0.15) is 9.59 Å². The summed E-state index contributed by atoms with van der Waals surface area (Å²) in [7, 11) is 2.18. The van der Waals surface area contributed by atoms with E-state index in [1.54, 1.807) is 0 Å². The molecule has 1 saturated heterocycles. The maximum atomic E-state index is 8.12. The van der Waals surface area contributed by atoms with Gasteiger partial charge in [0, 0.05) is 32.6 Å². The molecule has 1 aliphatic heterocycles. The molecule has 0 N–H and O–H groups in total. The van der Waals surface area contributed by atoms with Crippen LogP contribution in [0.2, 0.25) is 0 Å². The number of aryl methyl sites for hydroxylation is 1. The lowest BCUT2D eigenvalue weighted by Gasteiger charge is -2.28. The molecule has 182 valence electrons. The molecule has 35 heavy (non-hydrogen) atoms. The second-order valence-corrected chi connectivity index (χ2v) is 9.41. The number of aromatic nitrogens is 3. The van der Waals surface area contributed by atoms with Gasteiger partial charge in [0.2, 0.25) is 0 Å². The molecule has 3 aromatic rings. The third kappa shape index (κ3) is 6.18. The lowest BCUT2D eigenvalue weighted by atomic mass is 10.1. The second kappa shape index (κ2) is 11.8. The van der Waals surface area contributed by atoms with Crippen molar-refractivity contribution in [3.05, 3.63) is 70.8 Å². The molecule has 1 fully saturated rings. The Bertz CT molecular complexity index is 1170. The number of benzene rings is 1. The highest BCUT2D eigenvalue weighted by atomic mass is 16.2. The molecule has 0 spiro atoms. The zero-order chi connectivity index (χ0) is 24.6. The van der Waals surface area contributed by atoms with Crippen molar-refractivity contribution in [2.45, 2.75) is 45.4 Å². The number of piperidine rings is 1. The lowest BCUT2D eigenvalue weighted by molar-refractivity contribution is -0.191. The third-order valence-corrected chi connectivity index (χ3v) is 6.69. The van der Waals surface area contributed by atoms with Crippen LogP contribution in [-0.4, -0.2) is 59.2 Å². The Morgan fingerprint density at radius 2 is 1.80 bits per heavy atom. The quantitative estimate of drug-likeness (QED) is 0.402. The number of rotatable bonds is 7. The fraction of sp³-hybridized carbons (Fsp3) is 0.429. The largest absolute Gasteiger partial charge is 0.373 e. The first-order chi connectivity index (χ1) is 17.1. The van der Waals surface area contributed by atoms with Gasteiger partial charge in [-0.05, 0) is 62.5 Å². The molecule has 0 amide bonds. The highest BCUT2D eigenvalue weighted by Gasteiger charge is 2.28. The van der Waals surface area contributed by atoms with Crippen LogP contribution in [-0.2, 0) is 22.4 Å². The number of anilines is 1. The molecule has 0 bridgehead atoms. The van der Waals surface area contributed by atoms with Gasteiger partial charge in [-0.3, -0.25) is 4.98 Å². The number of likely N-dealkylation sites (tertiary alicyclic amines) is 1. The van der Waals surface area contributed by atoms with E-state index in [0.717, 1.165) is 54.4 Å². The Balaban J connectivity index is 0.000000917. The van der Waals surface area contributed by atoms with Crippen molar-refractivity contribution in [1.29, 1.82) is 0 Å². The van der Waals surface area contributed by atoms with Crippen molar-refractivity contribution in [3.8, 4) is 11.3 Å². The zero-order valence-corrected chi connectivity index (χ0v) is 20.7. The van der Waals surface area contributed by atoms with Crippen molar-refractivity contribution in [2.24, 2.45) is 0 Å². The highest BCUT2D eigenvalue weighted by molar-refractivity contribution is 5.82. The molecule has 2 aliphatic rings. The van der Waals surface area contributed by atoms with Gasteiger partial charge >= 0.3 is 6.15 Å². The molecule has 0 atom stereocenters. The molecular weight excluding hydrogens is 438 g/mol. The first-order valence-corrected chi connectivity index (χ1v) is 12.4. The SMILES string of the molecule is Cc1cnc2c(c1)Cc1nc(Cc3ccccc3)nc(N(C)CCCN3CCCCC3)c1-2.O=C=O. The smallest absolute Gasteiger partial charge is 0.359 e. The fourth-order valence-electron chi connectivity index (χ4n) is 5.04. The number of nitrogens with zero attached hydrogens (tertiary/aromatic N) is 5. The molecular formula is C28H33N5O2. The fourth-order valence-corrected chi connectivity index (χ4v) is 5.04. The van der Waals surface area contributed by atoms with Crippen LogP contribution in [0.4, 0.5) is 5.82 Å². The number of carbonyl (C=O) groups excluding carboxylic acids is 2. The summed E-state index contributed by atoms with van der Waals surface area (Å²) in [5.74, 6) is 1.94. The first kappa shape index (κ1) is 24.7. The molecule has 3 heterocycles. The summed E-state index contributed by atoms with van der Waals surface area (Å²) in [4.78, 5) is 36.1. The molecule has 0 saturated carbocycles. The van der Waals surface area contributed by atoms with E-state index in [-0.39, 0.29) is 6.15 Å². The maximum absolute atomic E-state index is 8.12. The van der Waals surface area contributed by atoms with E-state index in [2.05, 4.69) is 60.2 Å². The van der Waals surface area contributed by atoms with Crippen LogP contribution >= 0.6 is 0 Å². The van der Waals surface area contributed by atoms with Gasteiger partial charge in [0.25, 0.3) is 0 Å². The molecule has 2 aromatic heterocycles. The van der Waals surface area contributed by atoms with Gasteiger partial charge in [0.1, 0.15) is 11.6 Å². The average Bonchev–Trinajstić information content (AvgIpc) is 3.22. The van der Waals surface area contributed by atoms with Crippen molar-refractivity contribution in [1.82, 2.24) is 19.9 Å². The minimum absolute atomic E-state index is 0.250. The van der Waals surface area contributed by atoms with Crippen LogP contribution in [0.15, 0.2) is 42.6 Å².